The van der Waals surface area contributed by atoms with E-state index in [0.29, 0.717) is 11.4 Å². The zero-order valence-electron chi connectivity index (χ0n) is 9.54. The highest BCUT2D eigenvalue weighted by Gasteiger charge is 2.14. The lowest BCUT2D eigenvalue weighted by atomic mass is 10.2. The first kappa shape index (κ1) is 11.1. The van der Waals surface area contributed by atoms with Crippen LogP contribution >= 0.6 is 0 Å². The summed E-state index contributed by atoms with van der Waals surface area (Å²) < 4.78 is 6.66. The van der Waals surface area contributed by atoms with Crippen molar-refractivity contribution in [2.45, 2.75) is 6.92 Å². The molecule has 1 heterocycles. The molecule has 0 aliphatic rings. The number of aromatic nitrogens is 3. The number of carbonyl (C=O) groups excluding carboxylic acids is 1. The van der Waals surface area contributed by atoms with Gasteiger partial charge in [0.1, 0.15) is 5.75 Å². The maximum absolute atomic E-state index is 11.1. The molecule has 0 saturated carbocycles. The third kappa shape index (κ3) is 1.96. The van der Waals surface area contributed by atoms with E-state index in [1.165, 1.54) is 0 Å². The lowest BCUT2D eigenvalue weighted by Gasteiger charge is -2.05. The van der Waals surface area contributed by atoms with Crippen molar-refractivity contribution in [1.29, 1.82) is 0 Å². The number of rotatable bonds is 3. The number of nitrogens with two attached hydrogens (primary N) is 1. The number of benzene rings is 1. The van der Waals surface area contributed by atoms with Gasteiger partial charge in [0.05, 0.1) is 18.5 Å². The molecule has 2 N–H and O–H groups in total. The van der Waals surface area contributed by atoms with Crippen LogP contribution in [0.2, 0.25) is 0 Å². The molecule has 0 fully saturated rings. The number of hydrogen-bond donors (Lipinski definition) is 1. The van der Waals surface area contributed by atoms with Gasteiger partial charge in [-0.15, -0.1) is 5.10 Å². The van der Waals surface area contributed by atoms with Gasteiger partial charge in [-0.1, -0.05) is 11.3 Å². The Morgan fingerprint density at radius 1 is 1.47 bits per heavy atom. The molecule has 0 atom stereocenters. The maximum Gasteiger partial charge on any atom is 0.271 e. The van der Waals surface area contributed by atoms with E-state index in [4.69, 9.17) is 10.5 Å². The van der Waals surface area contributed by atoms with Crippen molar-refractivity contribution in [2.75, 3.05) is 7.11 Å². The molecule has 0 spiro atoms. The van der Waals surface area contributed by atoms with E-state index in [2.05, 4.69) is 10.3 Å². The molecule has 1 aromatic carbocycles. The first-order chi connectivity index (χ1) is 8.13. The van der Waals surface area contributed by atoms with E-state index in [9.17, 15) is 4.79 Å². The lowest BCUT2D eigenvalue weighted by Crippen LogP contribution is -2.13. The van der Waals surface area contributed by atoms with Gasteiger partial charge in [-0.3, -0.25) is 4.79 Å². The molecule has 0 radical (unpaired) electrons. The van der Waals surface area contributed by atoms with Gasteiger partial charge in [0.2, 0.25) is 0 Å². The fourth-order valence-electron chi connectivity index (χ4n) is 1.54. The van der Waals surface area contributed by atoms with Gasteiger partial charge in [0.15, 0.2) is 5.69 Å². The van der Waals surface area contributed by atoms with Crippen LogP contribution in [0.5, 0.6) is 5.75 Å². The van der Waals surface area contributed by atoms with Crippen LogP contribution in [0.3, 0.4) is 0 Å². The smallest absolute Gasteiger partial charge is 0.271 e. The topological polar surface area (TPSA) is 83.0 Å². The van der Waals surface area contributed by atoms with Gasteiger partial charge in [0.25, 0.3) is 5.91 Å². The summed E-state index contributed by atoms with van der Waals surface area (Å²) in [5.74, 6) is 0.120. The molecule has 0 bridgehead atoms. The van der Waals surface area contributed by atoms with Crippen LogP contribution in [-0.4, -0.2) is 28.0 Å². The van der Waals surface area contributed by atoms with Gasteiger partial charge in [-0.05, 0) is 19.1 Å². The highest BCUT2D eigenvalue weighted by atomic mass is 16.5. The largest absolute Gasteiger partial charge is 0.497 e. The standard InChI is InChI=1S/C11H12N4O2/c1-7-10(11(12)16)13-14-15(7)8-4-3-5-9(6-8)17-2/h3-6H,1-2H3,(H2,12,16). The Labute approximate surface area is 98.0 Å². The molecule has 0 aliphatic heterocycles. The van der Waals surface area contributed by atoms with E-state index in [1.54, 1.807) is 24.8 Å². The van der Waals surface area contributed by atoms with Crippen molar-refractivity contribution in [3.8, 4) is 11.4 Å². The first-order valence-corrected chi connectivity index (χ1v) is 5.00. The van der Waals surface area contributed by atoms with Gasteiger partial charge >= 0.3 is 0 Å². The van der Waals surface area contributed by atoms with Crippen molar-refractivity contribution in [2.24, 2.45) is 5.73 Å². The molecule has 0 saturated heterocycles. The Kier molecular flexibility index (Phi) is 2.78. The number of hydrogen-bond acceptors (Lipinski definition) is 4. The van der Waals surface area contributed by atoms with E-state index < -0.39 is 5.91 Å². The third-order valence-electron chi connectivity index (χ3n) is 2.43. The quantitative estimate of drug-likeness (QED) is 0.843. The molecule has 1 aromatic heterocycles. The number of carbonyl (C=O) groups is 1. The third-order valence-corrected chi connectivity index (χ3v) is 2.43. The molecule has 2 aromatic rings. The van der Waals surface area contributed by atoms with Crippen LogP contribution in [-0.2, 0) is 0 Å². The van der Waals surface area contributed by atoms with Crippen molar-refractivity contribution >= 4 is 5.91 Å². The fraction of sp³-hybridized carbons (Fsp3) is 0.182. The van der Waals surface area contributed by atoms with Gasteiger partial charge in [-0.25, -0.2) is 4.68 Å². The predicted molar refractivity (Wildman–Crippen MR) is 61.2 cm³/mol. The molecule has 0 unspecified atom stereocenters. The second kappa shape index (κ2) is 4.25. The van der Waals surface area contributed by atoms with Crippen molar-refractivity contribution < 1.29 is 9.53 Å². The molecule has 17 heavy (non-hydrogen) atoms. The molecular weight excluding hydrogens is 220 g/mol. The van der Waals surface area contributed by atoms with Crippen molar-refractivity contribution in [1.82, 2.24) is 15.0 Å². The van der Waals surface area contributed by atoms with Crippen LogP contribution in [0.1, 0.15) is 16.2 Å². The highest BCUT2D eigenvalue weighted by molar-refractivity contribution is 5.91. The minimum Gasteiger partial charge on any atom is -0.497 e. The zero-order valence-corrected chi connectivity index (χ0v) is 9.54. The molecule has 6 nitrogen and oxygen atoms in total. The normalized spacial score (nSPS) is 10.2. The van der Waals surface area contributed by atoms with Crippen LogP contribution in [0, 0.1) is 6.92 Å². The van der Waals surface area contributed by atoms with Gasteiger partial charge in [0, 0.05) is 6.07 Å². The molecule has 1 amide bonds. The van der Waals surface area contributed by atoms with Crippen LogP contribution in [0.15, 0.2) is 24.3 Å². The van der Waals surface area contributed by atoms with E-state index in [-0.39, 0.29) is 5.69 Å². The predicted octanol–water partition coefficient (Wildman–Crippen LogP) is 0.683. The fourth-order valence-corrected chi connectivity index (χ4v) is 1.54. The minimum absolute atomic E-state index is 0.174. The van der Waals surface area contributed by atoms with Gasteiger partial charge < -0.3 is 10.5 Å². The number of primary amides is 1. The van der Waals surface area contributed by atoms with E-state index >= 15 is 0 Å². The Bertz CT molecular complexity index is 562. The zero-order chi connectivity index (χ0) is 12.4. The maximum atomic E-state index is 11.1. The number of amides is 1. The average Bonchev–Trinajstić information content (AvgIpc) is 2.71. The SMILES string of the molecule is COc1cccc(-n2nnc(C(N)=O)c2C)c1. The second-order valence-corrected chi connectivity index (χ2v) is 3.50. The molecule has 88 valence electrons. The summed E-state index contributed by atoms with van der Waals surface area (Å²) in [4.78, 5) is 11.1. The number of ether oxygens (including phenoxy) is 1. The van der Waals surface area contributed by atoms with E-state index in [0.717, 1.165) is 5.69 Å². The number of methoxy groups -OCH3 is 1. The Morgan fingerprint density at radius 3 is 2.82 bits per heavy atom. The average molecular weight is 232 g/mol. The second-order valence-electron chi connectivity index (χ2n) is 3.50. The Morgan fingerprint density at radius 2 is 2.24 bits per heavy atom. The first-order valence-electron chi connectivity index (χ1n) is 5.00. The summed E-state index contributed by atoms with van der Waals surface area (Å²) >= 11 is 0. The van der Waals surface area contributed by atoms with Crippen LogP contribution in [0.25, 0.3) is 5.69 Å². The summed E-state index contributed by atoms with van der Waals surface area (Å²) in [5.41, 5.74) is 6.72. The molecule has 6 heteroatoms. The molecule has 2 rings (SSSR count). The summed E-state index contributed by atoms with van der Waals surface area (Å²) in [6.45, 7) is 1.74. The Balaban J connectivity index is 2.49. The van der Waals surface area contributed by atoms with Crippen LogP contribution < -0.4 is 10.5 Å². The summed E-state index contributed by atoms with van der Waals surface area (Å²) in [7, 11) is 1.59. The molecular formula is C11H12N4O2. The van der Waals surface area contributed by atoms with Crippen molar-refractivity contribution in [3.63, 3.8) is 0 Å². The van der Waals surface area contributed by atoms with E-state index in [1.807, 2.05) is 18.2 Å². The summed E-state index contributed by atoms with van der Waals surface area (Å²) in [6.07, 6.45) is 0. The van der Waals surface area contributed by atoms with Crippen LogP contribution in [0.4, 0.5) is 0 Å². The van der Waals surface area contributed by atoms with Crippen molar-refractivity contribution in [3.05, 3.63) is 35.7 Å². The lowest BCUT2D eigenvalue weighted by molar-refractivity contribution is 0.0995. The summed E-state index contributed by atoms with van der Waals surface area (Å²) in [6, 6.07) is 7.30. The monoisotopic (exact) mass is 232 g/mol. The highest BCUT2D eigenvalue weighted by Crippen LogP contribution is 2.17. The molecule has 0 aliphatic carbocycles. The minimum atomic E-state index is -0.586. The van der Waals surface area contributed by atoms with Gasteiger partial charge in [-0.2, -0.15) is 0 Å². The Hall–Kier alpha value is -2.37. The summed E-state index contributed by atoms with van der Waals surface area (Å²) in [5, 5.41) is 7.64. The number of nitrogens with zero attached hydrogens (tertiary/aromatic N) is 3.